The number of anilines is 2. The fourth-order valence-electron chi connectivity index (χ4n) is 1.89. The van der Waals surface area contributed by atoms with Crippen molar-refractivity contribution in [2.75, 3.05) is 18.5 Å². The third-order valence-electron chi connectivity index (χ3n) is 3.08. The second-order valence-corrected chi connectivity index (χ2v) is 5.78. The van der Waals surface area contributed by atoms with E-state index in [-0.39, 0.29) is 5.82 Å². The minimum Gasteiger partial charge on any atom is -0.321 e. The number of nitrogens with zero attached hydrogens (tertiary/aromatic N) is 2. The van der Waals surface area contributed by atoms with Crippen LogP contribution in [0.15, 0.2) is 24.3 Å². The lowest BCUT2D eigenvalue weighted by Crippen LogP contribution is -2.13. The van der Waals surface area contributed by atoms with E-state index in [9.17, 15) is 4.39 Å². The lowest BCUT2D eigenvalue weighted by atomic mass is 10.3. The van der Waals surface area contributed by atoms with Crippen molar-refractivity contribution in [2.24, 2.45) is 0 Å². The van der Waals surface area contributed by atoms with Gasteiger partial charge in [0.15, 0.2) is 5.13 Å². The molecule has 20 heavy (non-hydrogen) atoms. The van der Waals surface area contributed by atoms with E-state index in [1.165, 1.54) is 17.0 Å². The summed E-state index contributed by atoms with van der Waals surface area (Å²) in [5.41, 5.74) is 1.85. The summed E-state index contributed by atoms with van der Waals surface area (Å²) < 4.78 is 13.3. The van der Waals surface area contributed by atoms with E-state index >= 15 is 0 Å². The Labute approximate surface area is 123 Å². The van der Waals surface area contributed by atoms with Crippen LogP contribution in [0.3, 0.4) is 0 Å². The predicted molar refractivity (Wildman–Crippen MR) is 83.3 cm³/mol. The average Bonchev–Trinajstić information content (AvgIpc) is 2.80. The van der Waals surface area contributed by atoms with Crippen molar-refractivity contribution in [3.8, 4) is 0 Å². The van der Waals surface area contributed by atoms with Gasteiger partial charge < -0.3 is 10.2 Å². The first-order valence-electron chi connectivity index (χ1n) is 6.78. The van der Waals surface area contributed by atoms with Crippen molar-refractivity contribution in [1.29, 1.82) is 0 Å². The normalized spacial score (nSPS) is 10.8. The molecule has 0 atom stereocenters. The molecule has 0 spiro atoms. The number of aromatic nitrogens is 1. The Kier molecular flexibility index (Phi) is 5.09. The van der Waals surface area contributed by atoms with Gasteiger partial charge in [-0.15, -0.1) is 0 Å². The molecule has 0 radical (unpaired) electrons. The highest BCUT2D eigenvalue weighted by atomic mass is 32.1. The Morgan fingerprint density at radius 1 is 1.40 bits per heavy atom. The minimum absolute atomic E-state index is 0.229. The Morgan fingerprint density at radius 3 is 2.90 bits per heavy atom. The highest BCUT2D eigenvalue weighted by Crippen LogP contribution is 2.30. The smallest absolute Gasteiger partial charge is 0.190 e. The lowest BCUT2D eigenvalue weighted by molar-refractivity contribution is 0.628. The molecule has 0 aliphatic rings. The number of nitrogens with one attached hydrogen (secondary N) is 1. The molecule has 1 N–H and O–H groups in total. The molecule has 1 aromatic carbocycles. The van der Waals surface area contributed by atoms with Crippen LogP contribution in [0.4, 0.5) is 15.2 Å². The standard InChI is InChI=1S/C15H20FN3S/c1-4-8-17-10-14-11(2)18-15(20-14)19(3)13-7-5-6-12(16)9-13/h5-7,9,17H,4,8,10H2,1-3H3. The van der Waals surface area contributed by atoms with Gasteiger partial charge in [-0.1, -0.05) is 24.3 Å². The first-order chi connectivity index (χ1) is 9.61. The SMILES string of the molecule is CCCNCc1sc(N(C)c2cccc(F)c2)nc1C. The van der Waals surface area contributed by atoms with Gasteiger partial charge in [0.1, 0.15) is 5.82 Å². The number of rotatable bonds is 6. The second-order valence-electron chi connectivity index (χ2n) is 4.72. The summed E-state index contributed by atoms with van der Waals surface area (Å²) in [6.45, 7) is 6.01. The van der Waals surface area contributed by atoms with Gasteiger partial charge in [-0.05, 0) is 38.1 Å². The van der Waals surface area contributed by atoms with Crippen LogP contribution in [-0.4, -0.2) is 18.6 Å². The number of halogens is 1. The van der Waals surface area contributed by atoms with Crippen molar-refractivity contribution in [3.05, 3.63) is 40.7 Å². The summed E-state index contributed by atoms with van der Waals surface area (Å²) in [7, 11) is 1.91. The van der Waals surface area contributed by atoms with Crippen molar-refractivity contribution in [2.45, 2.75) is 26.8 Å². The zero-order chi connectivity index (χ0) is 14.5. The van der Waals surface area contributed by atoms with Gasteiger partial charge in [0.05, 0.1) is 5.69 Å². The summed E-state index contributed by atoms with van der Waals surface area (Å²) in [6.07, 6.45) is 1.12. The molecule has 0 saturated carbocycles. The maximum Gasteiger partial charge on any atom is 0.190 e. The van der Waals surface area contributed by atoms with Gasteiger partial charge in [-0.3, -0.25) is 0 Å². The van der Waals surface area contributed by atoms with E-state index in [2.05, 4.69) is 17.2 Å². The molecule has 2 rings (SSSR count). The first kappa shape index (κ1) is 14.9. The van der Waals surface area contributed by atoms with Gasteiger partial charge >= 0.3 is 0 Å². The molecule has 1 heterocycles. The van der Waals surface area contributed by atoms with Crippen molar-refractivity contribution in [3.63, 3.8) is 0 Å². The molecule has 0 aliphatic carbocycles. The molecular formula is C15H20FN3S. The van der Waals surface area contributed by atoms with Crippen molar-refractivity contribution in [1.82, 2.24) is 10.3 Å². The molecule has 0 bridgehead atoms. The number of aryl methyl sites for hydroxylation is 1. The van der Waals surface area contributed by atoms with E-state index in [4.69, 9.17) is 0 Å². The van der Waals surface area contributed by atoms with Crippen LogP contribution in [-0.2, 0) is 6.54 Å². The summed E-state index contributed by atoms with van der Waals surface area (Å²) in [5, 5.41) is 4.28. The highest BCUT2D eigenvalue weighted by molar-refractivity contribution is 7.15. The molecule has 3 nitrogen and oxygen atoms in total. The van der Waals surface area contributed by atoms with Gasteiger partial charge in [0.25, 0.3) is 0 Å². The number of benzene rings is 1. The molecule has 5 heteroatoms. The summed E-state index contributed by atoms with van der Waals surface area (Å²) in [4.78, 5) is 7.73. The lowest BCUT2D eigenvalue weighted by Gasteiger charge is -2.15. The monoisotopic (exact) mass is 293 g/mol. The fraction of sp³-hybridized carbons (Fsp3) is 0.400. The van der Waals surface area contributed by atoms with E-state index < -0.39 is 0 Å². The molecule has 0 amide bonds. The molecule has 1 aromatic heterocycles. The third kappa shape index (κ3) is 3.55. The molecule has 0 unspecified atom stereocenters. The molecule has 0 fully saturated rings. The summed E-state index contributed by atoms with van der Waals surface area (Å²) in [5.74, 6) is -0.229. The zero-order valence-corrected chi connectivity index (χ0v) is 12.9. The molecule has 108 valence electrons. The number of hydrogen-bond donors (Lipinski definition) is 1. The van der Waals surface area contributed by atoms with E-state index in [1.807, 2.05) is 24.9 Å². The van der Waals surface area contributed by atoms with Crippen LogP contribution in [0.25, 0.3) is 0 Å². The van der Waals surface area contributed by atoms with E-state index in [0.717, 1.165) is 36.0 Å². The Hall–Kier alpha value is -1.46. The Morgan fingerprint density at radius 2 is 2.20 bits per heavy atom. The minimum atomic E-state index is -0.229. The maximum atomic E-state index is 13.3. The summed E-state index contributed by atoms with van der Waals surface area (Å²) >= 11 is 1.65. The van der Waals surface area contributed by atoms with Crippen molar-refractivity contribution < 1.29 is 4.39 Å². The molecule has 0 aliphatic heterocycles. The zero-order valence-electron chi connectivity index (χ0n) is 12.1. The summed E-state index contributed by atoms with van der Waals surface area (Å²) in [6, 6.07) is 6.57. The number of thiazole rings is 1. The Balaban J connectivity index is 2.14. The highest BCUT2D eigenvalue weighted by Gasteiger charge is 2.12. The second kappa shape index (κ2) is 6.81. The van der Waals surface area contributed by atoms with E-state index in [1.54, 1.807) is 17.4 Å². The van der Waals surface area contributed by atoms with Crippen LogP contribution in [0.2, 0.25) is 0 Å². The van der Waals surface area contributed by atoms with Crippen LogP contribution in [0.5, 0.6) is 0 Å². The third-order valence-corrected chi connectivity index (χ3v) is 4.31. The topological polar surface area (TPSA) is 28.2 Å². The predicted octanol–water partition coefficient (Wildman–Crippen LogP) is 3.86. The van der Waals surface area contributed by atoms with Crippen LogP contribution in [0.1, 0.15) is 23.9 Å². The van der Waals surface area contributed by atoms with Gasteiger partial charge in [-0.25, -0.2) is 9.37 Å². The maximum absolute atomic E-state index is 13.3. The molecule has 0 saturated heterocycles. The van der Waals surface area contributed by atoms with E-state index in [0.29, 0.717) is 0 Å². The molecular weight excluding hydrogens is 273 g/mol. The van der Waals surface area contributed by atoms with Crippen molar-refractivity contribution >= 4 is 22.2 Å². The van der Waals surface area contributed by atoms with Gasteiger partial charge in [0, 0.05) is 24.2 Å². The molecule has 2 aromatic rings. The van der Waals surface area contributed by atoms with Gasteiger partial charge in [-0.2, -0.15) is 0 Å². The largest absolute Gasteiger partial charge is 0.321 e. The van der Waals surface area contributed by atoms with Gasteiger partial charge in [0.2, 0.25) is 0 Å². The average molecular weight is 293 g/mol. The van der Waals surface area contributed by atoms with Crippen LogP contribution < -0.4 is 10.2 Å². The van der Waals surface area contributed by atoms with Crippen LogP contribution >= 0.6 is 11.3 Å². The number of hydrogen-bond acceptors (Lipinski definition) is 4. The fourth-order valence-corrected chi connectivity index (χ4v) is 2.91. The Bertz CT molecular complexity index is 568. The first-order valence-corrected chi connectivity index (χ1v) is 7.59. The van der Waals surface area contributed by atoms with Crippen LogP contribution in [0, 0.1) is 12.7 Å². The quantitative estimate of drug-likeness (QED) is 0.820.